The number of pyridine rings is 1. The number of ether oxygens (including phenoxy) is 1. The minimum atomic E-state index is -1.03. The molecule has 5 heteroatoms. The molecule has 0 amide bonds. The zero-order chi connectivity index (χ0) is 10.1. The third-order valence-corrected chi connectivity index (χ3v) is 2.67. The maximum absolute atomic E-state index is 10.6. The van der Waals surface area contributed by atoms with Gasteiger partial charge in [0.25, 0.3) is 0 Å². The van der Waals surface area contributed by atoms with Crippen LogP contribution in [0, 0.1) is 3.57 Å². The number of hydrogen-bond donors (Lipinski definition) is 1. The summed E-state index contributed by atoms with van der Waals surface area (Å²) >= 11 is 2.08. The number of carbonyl (C=O) groups is 1. The summed E-state index contributed by atoms with van der Waals surface area (Å²) < 4.78 is 6.38. The zero-order valence-electron chi connectivity index (χ0n) is 7.24. The summed E-state index contributed by atoms with van der Waals surface area (Å²) in [6, 6.07) is 1.47. The molecule has 0 aromatic carbocycles. The Morgan fingerprint density at radius 3 is 2.93 bits per heavy atom. The number of aromatic carboxylic acids is 1. The lowest BCUT2D eigenvalue weighted by Crippen LogP contribution is -2.04. The lowest BCUT2D eigenvalue weighted by molar-refractivity contribution is 0.0689. The maximum atomic E-state index is 10.6. The van der Waals surface area contributed by atoms with Gasteiger partial charge in [-0.1, -0.05) is 0 Å². The molecule has 0 radical (unpaired) electrons. The Hall–Kier alpha value is -0.850. The van der Waals surface area contributed by atoms with Gasteiger partial charge in [0.1, 0.15) is 5.75 Å². The van der Waals surface area contributed by atoms with Gasteiger partial charge in [0, 0.05) is 12.3 Å². The van der Waals surface area contributed by atoms with E-state index in [0.717, 1.165) is 16.4 Å². The third kappa shape index (κ3) is 2.14. The van der Waals surface area contributed by atoms with Crippen molar-refractivity contribution in [1.82, 2.24) is 4.98 Å². The van der Waals surface area contributed by atoms with E-state index in [1.54, 1.807) is 0 Å². The molecule has 0 bridgehead atoms. The molecule has 1 aromatic heterocycles. The highest BCUT2D eigenvalue weighted by Crippen LogP contribution is 2.29. The molecule has 1 fully saturated rings. The van der Waals surface area contributed by atoms with Crippen molar-refractivity contribution < 1.29 is 14.6 Å². The Bertz CT molecular complexity index is 376. The van der Waals surface area contributed by atoms with Gasteiger partial charge in [-0.2, -0.15) is 0 Å². The first-order chi connectivity index (χ1) is 6.66. The van der Waals surface area contributed by atoms with Crippen molar-refractivity contribution in [1.29, 1.82) is 0 Å². The molecule has 1 heterocycles. The Morgan fingerprint density at radius 2 is 2.36 bits per heavy atom. The summed E-state index contributed by atoms with van der Waals surface area (Å²) in [5.41, 5.74) is 0.0288. The highest BCUT2D eigenvalue weighted by Gasteiger charge is 2.24. The molecular formula is C9H8INO3. The largest absolute Gasteiger partial charge is 0.489 e. The Morgan fingerprint density at radius 1 is 1.64 bits per heavy atom. The summed E-state index contributed by atoms with van der Waals surface area (Å²) in [6.07, 6.45) is 3.90. The fraction of sp³-hybridized carbons (Fsp3) is 0.333. The average molecular weight is 305 g/mol. The molecule has 1 aliphatic rings. The van der Waals surface area contributed by atoms with E-state index in [1.165, 1.54) is 12.3 Å². The summed E-state index contributed by atoms with van der Waals surface area (Å²) in [5, 5.41) is 8.73. The number of nitrogens with zero attached hydrogens (tertiary/aromatic N) is 1. The molecule has 74 valence electrons. The predicted octanol–water partition coefficient (Wildman–Crippen LogP) is 1.93. The number of halogens is 1. The normalized spacial score (nSPS) is 15.2. The molecule has 0 atom stereocenters. The minimum absolute atomic E-state index is 0.0288. The second-order valence-corrected chi connectivity index (χ2v) is 4.28. The maximum Gasteiger partial charge on any atom is 0.354 e. The van der Waals surface area contributed by atoms with E-state index in [1.807, 2.05) is 0 Å². The second-order valence-electron chi connectivity index (χ2n) is 3.12. The minimum Gasteiger partial charge on any atom is -0.489 e. The molecule has 0 spiro atoms. The monoisotopic (exact) mass is 305 g/mol. The summed E-state index contributed by atoms with van der Waals surface area (Å²) in [7, 11) is 0. The highest BCUT2D eigenvalue weighted by atomic mass is 127. The Balaban J connectivity index is 2.26. The van der Waals surface area contributed by atoms with Crippen molar-refractivity contribution in [2.24, 2.45) is 0 Å². The molecule has 2 rings (SSSR count). The zero-order valence-corrected chi connectivity index (χ0v) is 9.39. The smallest absolute Gasteiger partial charge is 0.354 e. The number of rotatable bonds is 3. The van der Waals surface area contributed by atoms with Crippen LogP contribution in [0.3, 0.4) is 0 Å². The van der Waals surface area contributed by atoms with Gasteiger partial charge in [-0.3, -0.25) is 0 Å². The van der Waals surface area contributed by atoms with E-state index >= 15 is 0 Å². The molecule has 1 aromatic rings. The molecule has 0 unspecified atom stereocenters. The Kier molecular flexibility index (Phi) is 2.58. The number of carboxylic acid groups (broad SMARTS) is 1. The van der Waals surface area contributed by atoms with Crippen LogP contribution in [0.2, 0.25) is 0 Å². The molecule has 0 aliphatic heterocycles. The molecule has 1 saturated carbocycles. The van der Waals surface area contributed by atoms with Crippen LogP contribution in [-0.4, -0.2) is 22.2 Å². The molecule has 1 N–H and O–H groups in total. The van der Waals surface area contributed by atoms with Crippen molar-refractivity contribution in [2.75, 3.05) is 0 Å². The van der Waals surface area contributed by atoms with Crippen LogP contribution in [0.4, 0.5) is 0 Å². The van der Waals surface area contributed by atoms with E-state index in [-0.39, 0.29) is 11.8 Å². The first kappa shape index (κ1) is 9.70. The SMILES string of the molecule is O=C(O)c1cc(OC2CC2)c(I)cn1. The van der Waals surface area contributed by atoms with Crippen LogP contribution in [-0.2, 0) is 0 Å². The van der Waals surface area contributed by atoms with Gasteiger partial charge in [0.2, 0.25) is 0 Å². The van der Waals surface area contributed by atoms with Crippen LogP contribution >= 0.6 is 22.6 Å². The van der Waals surface area contributed by atoms with Gasteiger partial charge in [0.15, 0.2) is 5.69 Å². The average Bonchev–Trinajstić information content (AvgIpc) is 2.92. The van der Waals surface area contributed by atoms with E-state index in [0.29, 0.717) is 5.75 Å². The van der Waals surface area contributed by atoms with Crippen LogP contribution in [0.1, 0.15) is 23.3 Å². The van der Waals surface area contributed by atoms with Gasteiger partial charge in [-0.25, -0.2) is 9.78 Å². The summed E-state index contributed by atoms with van der Waals surface area (Å²) in [5.74, 6) is -0.400. The first-order valence-electron chi connectivity index (χ1n) is 4.22. The first-order valence-corrected chi connectivity index (χ1v) is 5.30. The van der Waals surface area contributed by atoms with Gasteiger partial charge >= 0.3 is 5.97 Å². The number of hydrogen-bond acceptors (Lipinski definition) is 3. The van der Waals surface area contributed by atoms with E-state index < -0.39 is 5.97 Å². The molecular weight excluding hydrogens is 297 g/mol. The predicted molar refractivity (Wildman–Crippen MR) is 57.6 cm³/mol. The van der Waals surface area contributed by atoms with Gasteiger partial charge in [0.05, 0.1) is 9.67 Å². The van der Waals surface area contributed by atoms with Crippen LogP contribution < -0.4 is 4.74 Å². The van der Waals surface area contributed by atoms with Crippen molar-refractivity contribution in [3.05, 3.63) is 21.5 Å². The standard InChI is InChI=1S/C9H8INO3/c10-6-4-11-7(9(12)13)3-8(6)14-5-1-2-5/h3-5H,1-2H2,(H,12,13). The van der Waals surface area contributed by atoms with E-state index in [9.17, 15) is 4.79 Å². The molecule has 1 aliphatic carbocycles. The number of aromatic nitrogens is 1. The molecule has 14 heavy (non-hydrogen) atoms. The Labute approximate surface area is 94.4 Å². The lowest BCUT2D eigenvalue weighted by Gasteiger charge is -2.06. The second kappa shape index (κ2) is 3.72. The fourth-order valence-corrected chi connectivity index (χ4v) is 1.42. The topological polar surface area (TPSA) is 59.4 Å². The summed E-state index contributed by atoms with van der Waals surface area (Å²) in [4.78, 5) is 14.4. The van der Waals surface area contributed by atoms with E-state index in [4.69, 9.17) is 9.84 Å². The van der Waals surface area contributed by atoms with Crippen LogP contribution in [0.5, 0.6) is 5.75 Å². The quantitative estimate of drug-likeness (QED) is 0.867. The molecule has 0 saturated heterocycles. The summed E-state index contributed by atoms with van der Waals surface area (Å²) in [6.45, 7) is 0. The van der Waals surface area contributed by atoms with Gasteiger partial charge in [-0.05, 0) is 35.4 Å². The highest BCUT2D eigenvalue weighted by molar-refractivity contribution is 14.1. The van der Waals surface area contributed by atoms with Gasteiger partial charge < -0.3 is 9.84 Å². The molecule has 4 nitrogen and oxygen atoms in total. The van der Waals surface area contributed by atoms with Crippen LogP contribution in [0.15, 0.2) is 12.3 Å². The van der Waals surface area contributed by atoms with Gasteiger partial charge in [-0.15, -0.1) is 0 Å². The van der Waals surface area contributed by atoms with Crippen molar-refractivity contribution in [3.63, 3.8) is 0 Å². The number of carboxylic acids is 1. The third-order valence-electron chi connectivity index (χ3n) is 1.86. The van der Waals surface area contributed by atoms with E-state index in [2.05, 4.69) is 27.6 Å². The van der Waals surface area contributed by atoms with Crippen molar-refractivity contribution >= 4 is 28.6 Å². The van der Waals surface area contributed by atoms with Crippen molar-refractivity contribution in [3.8, 4) is 5.75 Å². The van der Waals surface area contributed by atoms with Crippen LogP contribution in [0.25, 0.3) is 0 Å². The fourth-order valence-electron chi connectivity index (χ4n) is 0.993. The lowest BCUT2D eigenvalue weighted by atomic mass is 10.3. The van der Waals surface area contributed by atoms with Crippen molar-refractivity contribution in [2.45, 2.75) is 18.9 Å².